The Hall–Kier alpha value is -2.83. The van der Waals surface area contributed by atoms with Gasteiger partial charge in [0.2, 0.25) is 5.91 Å². The summed E-state index contributed by atoms with van der Waals surface area (Å²) in [6.07, 6.45) is 1.43. The summed E-state index contributed by atoms with van der Waals surface area (Å²) in [4.78, 5) is 37.2. The zero-order valence-electron chi connectivity index (χ0n) is 13.6. The molecule has 0 spiro atoms. The molecule has 2 N–H and O–H groups in total. The third-order valence-electron chi connectivity index (χ3n) is 3.66. The Balaban J connectivity index is 1.99. The SMILES string of the molecule is C=CC(=O)Nc1ccccc1C(=O)NC1CCN(C(=O)OCC)C1. The monoisotopic (exact) mass is 331 g/mol. The van der Waals surface area contributed by atoms with Crippen molar-refractivity contribution >= 4 is 23.6 Å². The first-order valence-corrected chi connectivity index (χ1v) is 7.80. The van der Waals surface area contributed by atoms with Crippen LogP contribution in [0.15, 0.2) is 36.9 Å². The van der Waals surface area contributed by atoms with Gasteiger partial charge in [-0.05, 0) is 31.6 Å². The second kappa shape index (κ2) is 8.14. The number of hydrogen-bond acceptors (Lipinski definition) is 4. The van der Waals surface area contributed by atoms with Crippen LogP contribution in [0.1, 0.15) is 23.7 Å². The van der Waals surface area contributed by atoms with Crippen molar-refractivity contribution in [1.29, 1.82) is 0 Å². The Labute approximate surface area is 140 Å². The fourth-order valence-electron chi connectivity index (χ4n) is 2.50. The first-order chi connectivity index (χ1) is 11.5. The maximum atomic E-state index is 12.5. The largest absolute Gasteiger partial charge is 0.450 e. The van der Waals surface area contributed by atoms with E-state index >= 15 is 0 Å². The molecule has 128 valence electrons. The third-order valence-corrected chi connectivity index (χ3v) is 3.66. The van der Waals surface area contributed by atoms with Crippen LogP contribution in [0.4, 0.5) is 10.5 Å². The van der Waals surface area contributed by atoms with Crippen molar-refractivity contribution in [1.82, 2.24) is 10.2 Å². The molecule has 1 unspecified atom stereocenters. The van der Waals surface area contributed by atoms with Gasteiger partial charge in [0.25, 0.3) is 5.91 Å². The molecular formula is C17H21N3O4. The summed E-state index contributed by atoms with van der Waals surface area (Å²) >= 11 is 0. The molecule has 24 heavy (non-hydrogen) atoms. The molecule has 7 nitrogen and oxygen atoms in total. The van der Waals surface area contributed by atoms with Crippen LogP contribution in [0, 0.1) is 0 Å². The van der Waals surface area contributed by atoms with E-state index in [0.717, 1.165) is 6.08 Å². The zero-order valence-corrected chi connectivity index (χ0v) is 13.6. The average Bonchev–Trinajstić information content (AvgIpc) is 3.04. The molecule has 7 heteroatoms. The van der Waals surface area contributed by atoms with E-state index in [2.05, 4.69) is 17.2 Å². The lowest BCUT2D eigenvalue weighted by molar-refractivity contribution is -0.111. The highest BCUT2D eigenvalue weighted by Crippen LogP contribution is 2.17. The number of carbonyl (C=O) groups is 3. The Kier molecular flexibility index (Phi) is 5.95. The maximum Gasteiger partial charge on any atom is 0.409 e. The molecule has 1 aromatic carbocycles. The van der Waals surface area contributed by atoms with Gasteiger partial charge < -0.3 is 20.3 Å². The molecule has 0 saturated carbocycles. The number of nitrogens with one attached hydrogen (secondary N) is 2. The number of para-hydroxylation sites is 1. The van der Waals surface area contributed by atoms with E-state index in [0.29, 0.717) is 37.4 Å². The Morgan fingerprint density at radius 1 is 1.38 bits per heavy atom. The smallest absolute Gasteiger partial charge is 0.409 e. The van der Waals surface area contributed by atoms with Crippen LogP contribution < -0.4 is 10.6 Å². The first kappa shape index (κ1) is 17.5. The summed E-state index contributed by atoms with van der Waals surface area (Å²) in [6, 6.07) is 6.58. The van der Waals surface area contributed by atoms with Crippen LogP contribution in [-0.2, 0) is 9.53 Å². The van der Waals surface area contributed by atoms with Gasteiger partial charge >= 0.3 is 6.09 Å². The number of carbonyl (C=O) groups excluding carboxylic acids is 3. The topological polar surface area (TPSA) is 87.7 Å². The summed E-state index contributed by atoms with van der Waals surface area (Å²) in [5.41, 5.74) is 0.780. The molecule has 1 aliphatic rings. The predicted octanol–water partition coefficient (Wildman–Crippen LogP) is 1.77. The van der Waals surface area contributed by atoms with E-state index in [1.807, 2.05) is 0 Å². The third kappa shape index (κ3) is 4.34. The number of likely N-dealkylation sites (tertiary alicyclic amines) is 1. The van der Waals surface area contributed by atoms with Gasteiger partial charge in [-0.2, -0.15) is 0 Å². The van der Waals surface area contributed by atoms with Gasteiger partial charge in [-0.3, -0.25) is 9.59 Å². The van der Waals surface area contributed by atoms with Crippen molar-refractivity contribution in [2.75, 3.05) is 25.0 Å². The summed E-state index contributed by atoms with van der Waals surface area (Å²) in [5, 5.41) is 5.50. The van der Waals surface area contributed by atoms with Gasteiger partial charge in [0.15, 0.2) is 0 Å². The fraction of sp³-hybridized carbons (Fsp3) is 0.353. The minimum Gasteiger partial charge on any atom is -0.450 e. The molecule has 1 aliphatic heterocycles. The molecule has 1 atom stereocenters. The Morgan fingerprint density at radius 3 is 2.83 bits per heavy atom. The molecule has 1 aromatic rings. The molecule has 1 heterocycles. The lowest BCUT2D eigenvalue weighted by atomic mass is 10.1. The van der Waals surface area contributed by atoms with Gasteiger partial charge in [-0.1, -0.05) is 18.7 Å². The second-order valence-corrected chi connectivity index (χ2v) is 5.34. The quantitative estimate of drug-likeness (QED) is 0.805. The number of ether oxygens (including phenoxy) is 1. The number of anilines is 1. The number of rotatable bonds is 5. The Morgan fingerprint density at radius 2 is 2.12 bits per heavy atom. The number of benzene rings is 1. The average molecular weight is 331 g/mol. The van der Waals surface area contributed by atoms with Crippen LogP contribution >= 0.6 is 0 Å². The minimum absolute atomic E-state index is 0.148. The van der Waals surface area contributed by atoms with Crippen molar-refractivity contribution in [3.63, 3.8) is 0 Å². The fourth-order valence-corrected chi connectivity index (χ4v) is 2.50. The zero-order chi connectivity index (χ0) is 17.5. The predicted molar refractivity (Wildman–Crippen MR) is 89.7 cm³/mol. The van der Waals surface area contributed by atoms with Crippen molar-refractivity contribution in [3.05, 3.63) is 42.5 Å². The lowest BCUT2D eigenvalue weighted by Gasteiger charge is -2.17. The molecule has 0 bridgehead atoms. The molecule has 1 fully saturated rings. The lowest BCUT2D eigenvalue weighted by Crippen LogP contribution is -2.38. The highest BCUT2D eigenvalue weighted by Gasteiger charge is 2.28. The highest BCUT2D eigenvalue weighted by molar-refractivity contribution is 6.06. The number of nitrogens with zero attached hydrogens (tertiary/aromatic N) is 1. The highest BCUT2D eigenvalue weighted by atomic mass is 16.6. The molecule has 3 amide bonds. The van der Waals surface area contributed by atoms with Crippen LogP contribution in [0.3, 0.4) is 0 Å². The standard InChI is InChI=1S/C17H21N3O4/c1-3-15(21)19-14-8-6-5-7-13(14)16(22)18-12-9-10-20(11-12)17(23)24-4-2/h3,5-8,12H,1,4,9-11H2,2H3,(H,18,22)(H,19,21). The van der Waals surface area contributed by atoms with Gasteiger partial charge in [0.05, 0.1) is 17.9 Å². The minimum atomic E-state index is -0.385. The number of amides is 3. The van der Waals surface area contributed by atoms with Gasteiger partial charge in [-0.25, -0.2) is 4.79 Å². The number of hydrogen-bond donors (Lipinski definition) is 2. The van der Waals surface area contributed by atoms with E-state index in [1.165, 1.54) is 0 Å². The van der Waals surface area contributed by atoms with Crippen LogP contribution in [0.5, 0.6) is 0 Å². The molecular weight excluding hydrogens is 310 g/mol. The van der Waals surface area contributed by atoms with Crippen molar-refractivity contribution < 1.29 is 19.1 Å². The Bertz CT molecular complexity index is 644. The molecule has 0 radical (unpaired) electrons. The van der Waals surface area contributed by atoms with Crippen LogP contribution in [-0.4, -0.2) is 48.5 Å². The first-order valence-electron chi connectivity index (χ1n) is 7.80. The van der Waals surface area contributed by atoms with E-state index in [4.69, 9.17) is 4.74 Å². The maximum absolute atomic E-state index is 12.5. The second-order valence-electron chi connectivity index (χ2n) is 5.34. The summed E-state index contributed by atoms with van der Waals surface area (Å²) in [6.45, 7) is 6.42. The summed E-state index contributed by atoms with van der Waals surface area (Å²) in [5.74, 6) is -0.685. The van der Waals surface area contributed by atoms with E-state index in [9.17, 15) is 14.4 Å². The van der Waals surface area contributed by atoms with Gasteiger partial charge in [0.1, 0.15) is 0 Å². The molecule has 0 aliphatic carbocycles. The van der Waals surface area contributed by atoms with E-state index in [-0.39, 0.29) is 23.9 Å². The van der Waals surface area contributed by atoms with Gasteiger partial charge in [-0.15, -0.1) is 0 Å². The summed E-state index contributed by atoms with van der Waals surface area (Å²) in [7, 11) is 0. The molecule has 2 rings (SSSR count). The van der Waals surface area contributed by atoms with E-state index < -0.39 is 0 Å². The van der Waals surface area contributed by atoms with Gasteiger partial charge in [0, 0.05) is 19.1 Å². The van der Waals surface area contributed by atoms with Crippen LogP contribution in [0.2, 0.25) is 0 Å². The van der Waals surface area contributed by atoms with Crippen molar-refractivity contribution in [2.45, 2.75) is 19.4 Å². The van der Waals surface area contributed by atoms with Crippen LogP contribution in [0.25, 0.3) is 0 Å². The molecule has 0 aromatic heterocycles. The van der Waals surface area contributed by atoms with E-state index in [1.54, 1.807) is 36.1 Å². The normalized spacial score (nSPS) is 16.4. The van der Waals surface area contributed by atoms with Crippen molar-refractivity contribution in [2.24, 2.45) is 0 Å². The van der Waals surface area contributed by atoms with Crippen molar-refractivity contribution in [3.8, 4) is 0 Å². The molecule has 1 saturated heterocycles. The summed E-state index contributed by atoms with van der Waals surface area (Å²) < 4.78 is 4.96.